The van der Waals surface area contributed by atoms with Crippen molar-refractivity contribution in [2.45, 2.75) is 23.7 Å². The molecule has 6 heteroatoms. The highest BCUT2D eigenvalue weighted by Gasteiger charge is 2.37. The number of amides is 1. The molecule has 5 nitrogen and oxygen atoms in total. The molecular weight excluding hydrogens is 218 g/mol. The molecule has 0 bridgehead atoms. The molecule has 1 aromatic rings. The first kappa shape index (κ1) is 10.1. The molecule has 0 aliphatic carbocycles. The maximum absolute atomic E-state index is 11.5. The maximum Gasteiger partial charge on any atom is 0.371 e. The van der Waals surface area contributed by atoms with E-state index in [0.29, 0.717) is 10.8 Å². The molecule has 0 atom stereocenters. The molecule has 0 radical (unpaired) electrons. The number of nitrogens with one attached hydrogen (secondary N) is 1. The zero-order chi connectivity index (χ0) is 11.2. The average molecular weight is 227 g/mol. The predicted molar refractivity (Wildman–Crippen MR) is 54.2 cm³/mol. The van der Waals surface area contributed by atoms with Gasteiger partial charge in [-0.25, -0.2) is 4.79 Å². The van der Waals surface area contributed by atoms with Crippen molar-refractivity contribution in [2.24, 2.45) is 0 Å². The van der Waals surface area contributed by atoms with Gasteiger partial charge in [-0.15, -0.1) is 0 Å². The SMILES string of the molecule is CC1(C)Sc2oc(C(=O)O)cc2NC1=O. The van der Waals surface area contributed by atoms with E-state index in [1.807, 2.05) is 0 Å². The van der Waals surface area contributed by atoms with Crippen LogP contribution in [0.15, 0.2) is 15.6 Å². The third-order valence-corrected chi connectivity index (χ3v) is 3.24. The predicted octanol–water partition coefficient (Wildman–Crippen LogP) is 1.80. The molecule has 1 aromatic heterocycles. The minimum Gasteiger partial charge on any atom is -0.475 e. The van der Waals surface area contributed by atoms with Gasteiger partial charge in [-0.1, -0.05) is 11.8 Å². The van der Waals surface area contributed by atoms with Crippen LogP contribution < -0.4 is 5.32 Å². The molecular formula is C9H9NO4S. The number of fused-ring (bicyclic) bond motifs is 1. The molecule has 2 rings (SSSR count). The van der Waals surface area contributed by atoms with Crippen molar-refractivity contribution in [3.05, 3.63) is 11.8 Å². The van der Waals surface area contributed by atoms with Crippen molar-refractivity contribution in [1.29, 1.82) is 0 Å². The van der Waals surface area contributed by atoms with Gasteiger partial charge in [0.15, 0.2) is 5.09 Å². The van der Waals surface area contributed by atoms with Gasteiger partial charge in [0.05, 0.1) is 10.4 Å². The number of carboxylic acids is 1. The highest BCUT2D eigenvalue weighted by molar-refractivity contribution is 8.01. The number of thioether (sulfide) groups is 1. The molecule has 0 spiro atoms. The van der Waals surface area contributed by atoms with Crippen molar-refractivity contribution < 1.29 is 19.1 Å². The molecule has 0 unspecified atom stereocenters. The first-order chi connectivity index (χ1) is 6.90. The van der Waals surface area contributed by atoms with E-state index in [4.69, 9.17) is 9.52 Å². The Labute approximate surface area is 89.8 Å². The lowest BCUT2D eigenvalue weighted by atomic mass is 10.2. The second-order valence-corrected chi connectivity index (χ2v) is 5.28. The van der Waals surface area contributed by atoms with E-state index in [1.165, 1.54) is 17.8 Å². The van der Waals surface area contributed by atoms with Crippen LogP contribution >= 0.6 is 11.8 Å². The Morgan fingerprint density at radius 3 is 2.87 bits per heavy atom. The molecule has 1 aliphatic heterocycles. The van der Waals surface area contributed by atoms with Gasteiger partial charge in [0.2, 0.25) is 11.7 Å². The van der Waals surface area contributed by atoms with Gasteiger partial charge in [0.25, 0.3) is 0 Å². The summed E-state index contributed by atoms with van der Waals surface area (Å²) in [5.41, 5.74) is 0.432. The molecule has 0 aromatic carbocycles. The van der Waals surface area contributed by atoms with Gasteiger partial charge in [-0.05, 0) is 13.8 Å². The Morgan fingerprint density at radius 1 is 1.60 bits per heavy atom. The summed E-state index contributed by atoms with van der Waals surface area (Å²) in [7, 11) is 0. The number of rotatable bonds is 1. The van der Waals surface area contributed by atoms with E-state index < -0.39 is 10.7 Å². The number of carbonyl (C=O) groups excluding carboxylic acids is 1. The number of aromatic carboxylic acids is 1. The van der Waals surface area contributed by atoms with Crippen LogP contribution in [0.1, 0.15) is 24.4 Å². The van der Waals surface area contributed by atoms with Crippen LogP contribution in [0.3, 0.4) is 0 Å². The number of hydrogen-bond acceptors (Lipinski definition) is 4. The van der Waals surface area contributed by atoms with E-state index >= 15 is 0 Å². The summed E-state index contributed by atoms with van der Waals surface area (Å²) in [4.78, 5) is 22.2. The summed E-state index contributed by atoms with van der Waals surface area (Å²) in [6.07, 6.45) is 0. The average Bonchev–Trinajstić information content (AvgIpc) is 2.47. The van der Waals surface area contributed by atoms with Gasteiger partial charge >= 0.3 is 5.97 Å². The molecule has 2 N–H and O–H groups in total. The summed E-state index contributed by atoms with van der Waals surface area (Å²) >= 11 is 1.22. The standard InChI is InChI=1S/C9H9NO4S/c1-9(2)8(13)10-4-3-5(6(11)12)14-7(4)15-9/h3H,1-2H3,(H,10,13)(H,11,12). The Kier molecular flexibility index (Phi) is 2.04. The summed E-state index contributed by atoms with van der Waals surface area (Å²) < 4.78 is 4.46. The number of anilines is 1. The molecule has 0 saturated heterocycles. The molecule has 0 saturated carbocycles. The molecule has 1 amide bonds. The largest absolute Gasteiger partial charge is 0.475 e. The molecule has 1 aliphatic rings. The van der Waals surface area contributed by atoms with Crippen LogP contribution in [0.5, 0.6) is 0 Å². The van der Waals surface area contributed by atoms with E-state index in [1.54, 1.807) is 13.8 Å². The van der Waals surface area contributed by atoms with E-state index in [2.05, 4.69) is 5.32 Å². The summed E-state index contributed by atoms with van der Waals surface area (Å²) in [6, 6.07) is 1.32. The van der Waals surface area contributed by atoms with Crippen LogP contribution in [0.2, 0.25) is 0 Å². The lowest BCUT2D eigenvalue weighted by Crippen LogP contribution is -2.36. The van der Waals surface area contributed by atoms with Crippen LogP contribution in [0.25, 0.3) is 0 Å². The fourth-order valence-corrected chi connectivity index (χ4v) is 2.15. The first-order valence-corrected chi connectivity index (χ1v) is 5.09. The topological polar surface area (TPSA) is 79.5 Å². The van der Waals surface area contributed by atoms with Crippen molar-refractivity contribution in [1.82, 2.24) is 0 Å². The van der Waals surface area contributed by atoms with Crippen molar-refractivity contribution in [3.8, 4) is 0 Å². The highest BCUT2D eigenvalue weighted by atomic mass is 32.2. The Bertz CT molecular complexity index is 449. The first-order valence-electron chi connectivity index (χ1n) is 4.28. The smallest absolute Gasteiger partial charge is 0.371 e. The Balaban J connectivity index is 2.42. The maximum atomic E-state index is 11.5. The second-order valence-electron chi connectivity index (χ2n) is 3.68. The van der Waals surface area contributed by atoms with E-state index in [-0.39, 0.29) is 11.7 Å². The zero-order valence-corrected chi connectivity index (χ0v) is 8.97. The second kappa shape index (κ2) is 3.03. The van der Waals surface area contributed by atoms with Crippen LogP contribution in [-0.4, -0.2) is 21.7 Å². The number of carboxylic acid groups (broad SMARTS) is 1. The summed E-state index contributed by atoms with van der Waals surface area (Å²) in [5, 5.41) is 11.8. The minimum absolute atomic E-state index is 0.155. The monoisotopic (exact) mass is 227 g/mol. The quantitative estimate of drug-likeness (QED) is 0.764. The van der Waals surface area contributed by atoms with Gasteiger partial charge in [-0.3, -0.25) is 4.79 Å². The number of carbonyl (C=O) groups is 2. The van der Waals surface area contributed by atoms with Crippen LogP contribution in [-0.2, 0) is 4.79 Å². The fraction of sp³-hybridized carbons (Fsp3) is 0.333. The summed E-state index contributed by atoms with van der Waals surface area (Å²) in [6.45, 7) is 3.50. The number of furan rings is 1. The molecule has 0 fully saturated rings. The zero-order valence-electron chi connectivity index (χ0n) is 8.16. The van der Waals surface area contributed by atoms with Crippen LogP contribution in [0, 0.1) is 0 Å². The number of hydrogen-bond donors (Lipinski definition) is 2. The lowest BCUT2D eigenvalue weighted by Gasteiger charge is -2.26. The van der Waals surface area contributed by atoms with Gasteiger partial charge in [-0.2, -0.15) is 0 Å². The normalized spacial score (nSPS) is 18.1. The Hall–Kier alpha value is -1.43. The lowest BCUT2D eigenvalue weighted by molar-refractivity contribution is -0.117. The third kappa shape index (κ3) is 1.61. The van der Waals surface area contributed by atoms with Gasteiger partial charge < -0.3 is 14.8 Å². The summed E-state index contributed by atoms with van der Waals surface area (Å²) in [5.74, 6) is -1.46. The molecule has 15 heavy (non-hydrogen) atoms. The van der Waals surface area contributed by atoms with Crippen molar-refractivity contribution >= 4 is 29.3 Å². The third-order valence-electron chi connectivity index (χ3n) is 2.05. The van der Waals surface area contributed by atoms with E-state index in [9.17, 15) is 9.59 Å². The fourth-order valence-electron chi connectivity index (χ4n) is 1.19. The van der Waals surface area contributed by atoms with Crippen molar-refractivity contribution in [3.63, 3.8) is 0 Å². The van der Waals surface area contributed by atoms with Crippen molar-refractivity contribution in [2.75, 3.05) is 5.32 Å². The molecule has 2 heterocycles. The van der Waals surface area contributed by atoms with E-state index in [0.717, 1.165) is 0 Å². The van der Waals surface area contributed by atoms with Gasteiger partial charge in [0.1, 0.15) is 0 Å². The molecule has 80 valence electrons. The minimum atomic E-state index is -1.14. The highest BCUT2D eigenvalue weighted by Crippen LogP contribution is 2.43. The van der Waals surface area contributed by atoms with Crippen LogP contribution in [0.4, 0.5) is 5.69 Å². The Morgan fingerprint density at radius 2 is 2.27 bits per heavy atom. The van der Waals surface area contributed by atoms with Gasteiger partial charge in [0, 0.05) is 6.07 Å².